The maximum absolute atomic E-state index is 13.5. The van der Waals surface area contributed by atoms with Crippen LogP contribution in [0, 0.1) is 5.92 Å². The predicted molar refractivity (Wildman–Crippen MR) is 122 cm³/mol. The van der Waals surface area contributed by atoms with Crippen LogP contribution >= 0.6 is 23.4 Å². The van der Waals surface area contributed by atoms with Crippen LogP contribution in [0.2, 0.25) is 5.02 Å². The zero-order valence-corrected chi connectivity index (χ0v) is 18.2. The quantitative estimate of drug-likeness (QED) is 0.408. The summed E-state index contributed by atoms with van der Waals surface area (Å²) in [5, 5.41) is 2.28. The fourth-order valence-corrected chi connectivity index (χ4v) is 4.73. The van der Waals surface area contributed by atoms with Crippen LogP contribution in [-0.4, -0.2) is 24.2 Å². The molecule has 0 saturated carbocycles. The molecule has 3 aromatic carbocycles. The Kier molecular flexibility index (Phi) is 5.22. The number of benzene rings is 3. The van der Waals surface area contributed by atoms with Crippen LogP contribution < -0.4 is 9.96 Å². The van der Waals surface area contributed by atoms with Gasteiger partial charge in [0.05, 0.1) is 17.4 Å². The van der Waals surface area contributed by atoms with Crippen molar-refractivity contribution in [3.63, 3.8) is 0 Å². The van der Waals surface area contributed by atoms with Gasteiger partial charge in [-0.15, -0.1) is 11.8 Å². The Morgan fingerprint density at radius 2 is 1.52 bits per heavy atom. The van der Waals surface area contributed by atoms with Crippen LogP contribution in [0.1, 0.15) is 11.6 Å². The molecule has 0 spiro atoms. The highest BCUT2D eigenvalue weighted by Crippen LogP contribution is 2.47. The number of rotatable bonds is 4. The first-order valence-electron chi connectivity index (χ1n) is 9.87. The molecule has 3 aromatic rings. The van der Waals surface area contributed by atoms with Crippen LogP contribution in [0.25, 0.3) is 0 Å². The molecule has 0 aliphatic carbocycles. The molecule has 0 bridgehead atoms. The van der Waals surface area contributed by atoms with E-state index in [0.29, 0.717) is 10.7 Å². The van der Waals surface area contributed by atoms with E-state index >= 15 is 0 Å². The molecule has 0 unspecified atom stereocenters. The normalized spacial score (nSPS) is 22.8. The van der Waals surface area contributed by atoms with Gasteiger partial charge in [-0.2, -0.15) is 0 Å². The van der Waals surface area contributed by atoms with Gasteiger partial charge in [-0.3, -0.25) is 14.4 Å². The third-order valence-corrected chi connectivity index (χ3v) is 6.66. The number of anilines is 2. The van der Waals surface area contributed by atoms with Crippen molar-refractivity contribution in [2.24, 2.45) is 5.92 Å². The summed E-state index contributed by atoms with van der Waals surface area (Å²) in [6.07, 6.45) is 1.13. The smallest absolute Gasteiger partial charge is 0.266 e. The van der Waals surface area contributed by atoms with E-state index < -0.39 is 18.1 Å². The maximum atomic E-state index is 13.5. The van der Waals surface area contributed by atoms with Crippen molar-refractivity contribution < 1.29 is 14.4 Å². The zero-order valence-electron chi connectivity index (χ0n) is 16.6. The summed E-state index contributed by atoms with van der Waals surface area (Å²) >= 11 is 7.71. The molecule has 5 nitrogen and oxygen atoms in total. The van der Waals surface area contributed by atoms with Gasteiger partial charge in [-0.25, -0.2) is 9.96 Å². The van der Waals surface area contributed by atoms with Crippen LogP contribution in [0.5, 0.6) is 0 Å². The molecular formula is C24H19ClN2O3S. The van der Waals surface area contributed by atoms with Gasteiger partial charge in [0, 0.05) is 9.92 Å². The number of hydroxylamine groups is 1. The minimum atomic E-state index is -0.881. The molecule has 2 aliphatic rings. The van der Waals surface area contributed by atoms with Gasteiger partial charge in [-0.1, -0.05) is 41.9 Å². The second kappa shape index (κ2) is 8.04. The highest BCUT2D eigenvalue weighted by Gasteiger charge is 2.60. The van der Waals surface area contributed by atoms with Crippen molar-refractivity contribution in [2.75, 3.05) is 16.2 Å². The van der Waals surface area contributed by atoms with Gasteiger partial charge in [0.25, 0.3) is 5.91 Å². The lowest BCUT2D eigenvalue weighted by Crippen LogP contribution is -2.37. The van der Waals surface area contributed by atoms with E-state index in [1.54, 1.807) is 41.1 Å². The number of halogens is 1. The van der Waals surface area contributed by atoms with Crippen LogP contribution in [-0.2, 0) is 14.4 Å². The fraction of sp³-hybridized carbons (Fsp3) is 0.167. The molecule has 156 valence electrons. The van der Waals surface area contributed by atoms with Gasteiger partial charge < -0.3 is 0 Å². The Hall–Kier alpha value is -2.80. The minimum Gasteiger partial charge on any atom is -0.273 e. The lowest BCUT2D eigenvalue weighted by atomic mass is 9.90. The lowest BCUT2D eigenvalue weighted by Gasteiger charge is -2.29. The number of nitrogens with zero attached hydrogens (tertiary/aromatic N) is 2. The molecule has 2 fully saturated rings. The maximum Gasteiger partial charge on any atom is 0.266 e. The summed E-state index contributed by atoms with van der Waals surface area (Å²) in [7, 11) is 0. The Balaban J connectivity index is 1.58. The van der Waals surface area contributed by atoms with Crippen molar-refractivity contribution in [3.05, 3.63) is 89.4 Å². The summed E-state index contributed by atoms with van der Waals surface area (Å²) in [5.41, 5.74) is 2.21. The van der Waals surface area contributed by atoms with Crippen LogP contribution in [0.3, 0.4) is 0 Å². The predicted octanol–water partition coefficient (Wildman–Crippen LogP) is 5.11. The first kappa shape index (κ1) is 20.1. The monoisotopic (exact) mass is 450 g/mol. The van der Waals surface area contributed by atoms with Crippen molar-refractivity contribution in [1.29, 1.82) is 0 Å². The average molecular weight is 451 g/mol. The number of fused-ring (bicyclic) bond motifs is 1. The minimum absolute atomic E-state index is 0.253. The lowest BCUT2D eigenvalue weighted by molar-refractivity contribution is -0.126. The van der Waals surface area contributed by atoms with Gasteiger partial charge in [-0.05, 0) is 60.4 Å². The van der Waals surface area contributed by atoms with E-state index in [2.05, 4.69) is 0 Å². The Bertz CT molecular complexity index is 1120. The van der Waals surface area contributed by atoms with E-state index in [0.717, 1.165) is 16.1 Å². The SMILES string of the molecule is CSc1ccc([C@H]2[C@H]3C(=O)N(c4ccccc4)C(=O)[C@H]3ON2c2ccc(Cl)cc2)cc1. The van der Waals surface area contributed by atoms with Crippen LogP contribution in [0.15, 0.2) is 83.8 Å². The molecule has 0 aromatic heterocycles. The fourth-order valence-electron chi connectivity index (χ4n) is 4.20. The van der Waals surface area contributed by atoms with Crippen molar-refractivity contribution in [1.82, 2.24) is 0 Å². The summed E-state index contributed by atoms with van der Waals surface area (Å²) < 4.78 is 0. The summed E-state index contributed by atoms with van der Waals surface area (Å²) in [4.78, 5) is 35.3. The molecule has 0 N–H and O–H groups in total. The van der Waals surface area contributed by atoms with Crippen molar-refractivity contribution in [2.45, 2.75) is 17.0 Å². The second-order valence-corrected chi connectivity index (χ2v) is 8.74. The third kappa shape index (κ3) is 3.41. The van der Waals surface area contributed by atoms with Gasteiger partial charge in [0.15, 0.2) is 6.10 Å². The molecule has 3 atom stereocenters. The topological polar surface area (TPSA) is 49.9 Å². The van der Waals surface area contributed by atoms with E-state index in [4.69, 9.17) is 16.4 Å². The number of para-hydroxylation sites is 1. The molecule has 2 amide bonds. The Morgan fingerprint density at radius 1 is 0.839 bits per heavy atom. The summed E-state index contributed by atoms with van der Waals surface area (Å²) in [6.45, 7) is 0. The molecule has 2 heterocycles. The molecule has 5 rings (SSSR count). The van der Waals surface area contributed by atoms with E-state index in [1.807, 2.05) is 60.9 Å². The highest BCUT2D eigenvalue weighted by atomic mass is 35.5. The molecule has 2 aliphatic heterocycles. The highest BCUT2D eigenvalue weighted by molar-refractivity contribution is 7.98. The number of carbonyl (C=O) groups excluding carboxylic acids is 2. The molecule has 7 heteroatoms. The van der Waals surface area contributed by atoms with E-state index in [1.165, 1.54) is 4.90 Å². The summed E-state index contributed by atoms with van der Waals surface area (Å²) in [6, 6.07) is 23.8. The van der Waals surface area contributed by atoms with Gasteiger partial charge >= 0.3 is 0 Å². The number of carbonyl (C=O) groups is 2. The van der Waals surface area contributed by atoms with Crippen LogP contribution in [0.4, 0.5) is 11.4 Å². The number of hydrogen-bond donors (Lipinski definition) is 0. The van der Waals surface area contributed by atoms with E-state index in [-0.39, 0.29) is 11.8 Å². The largest absolute Gasteiger partial charge is 0.273 e. The Labute approximate surface area is 189 Å². The number of hydrogen-bond acceptors (Lipinski definition) is 5. The zero-order chi connectivity index (χ0) is 21.5. The molecular weight excluding hydrogens is 432 g/mol. The standard InChI is InChI=1S/C24H19ClN2O3S/c1-31-19-13-7-15(8-14-19)21-20-22(30-27(21)18-11-9-16(25)10-12-18)24(29)26(23(20)28)17-5-3-2-4-6-17/h2-14,20-22H,1H3/t20-,21+,22+/m1/s1. The number of thioether (sulfide) groups is 1. The van der Waals surface area contributed by atoms with Crippen molar-refractivity contribution in [3.8, 4) is 0 Å². The first-order valence-corrected chi connectivity index (χ1v) is 11.5. The first-order chi connectivity index (χ1) is 15.1. The van der Waals surface area contributed by atoms with E-state index in [9.17, 15) is 9.59 Å². The Morgan fingerprint density at radius 3 is 2.16 bits per heavy atom. The molecule has 31 heavy (non-hydrogen) atoms. The van der Waals surface area contributed by atoms with Gasteiger partial charge in [0.2, 0.25) is 5.91 Å². The number of imide groups is 1. The summed E-state index contributed by atoms with van der Waals surface area (Å²) in [5.74, 6) is -1.25. The third-order valence-electron chi connectivity index (χ3n) is 5.67. The molecule has 2 saturated heterocycles. The van der Waals surface area contributed by atoms with Gasteiger partial charge in [0.1, 0.15) is 5.92 Å². The number of amides is 2. The van der Waals surface area contributed by atoms with Crippen molar-refractivity contribution >= 4 is 46.6 Å². The average Bonchev–Trinajstić information content (AvgIpc) is 3.31. The molecule has 0 radical (unpaired) electrons. The second-order valence-electron chi connectivity index (χ2n) is 7.42.